The highest BCUT2D eigenvalue weighted by Crippen LogP contribution is 2.44. The molecule has 1 aromatic carbocycles. The molecule has 0 N–H and O–H groups in total. The first-order valence-electron chi connectivity index (χ1n) is 8.67. The Bertz CT molecular complexity index is 734. The number of carbonyl (C=O) groups is 2. The van der Waals surface area contributed by atoms with Gasteiger partial charge in [0, 0.05) is 26.2 Å². The number of hydrogen-bond acceptors (Lipinski definition) is 3. The number of carbonyl (C=O) groups excluding carboxylic acids is 2. The minimum atomic E-state index is -0.427. The number of benzene rings is 1. The molecule has 0 aliphatic carbocycles. The topological polar surface area (TPSA) is 64.4 Å². The van der Waals surface area contributed by atoms with Gasteiger partial charge in [-0.25, -0.2) is 0 Å². The molecule has 3 rings (SSSR count). The molecular weight excluding hydrogens is 314 g/mol. The van der Waals surface area contributed by atoms with Gasteiger partial charge in [0.15, 0.2) is 0 Å². The molecule has 130 valence electrons. The van der Waals surface area contributed by atoms with Crippen LogP contribution in [0.3, 0.4) is 0 Å². The van der Waals surface area contributed by atoms with Gasteiger partial charge in [0.2, 0.25) is 11.8 Å². The van der Waals surface area contributed by atoms with Gasteiger partial charge in [-0.15, -0.1) is 6.58 Å². The van der Waals surface area contributed by atoms with Gasteiger partial charge in [0.05, 0.1) is 23.5 Å². The van der Waals surface area contributed by atoms with Gasteiger partial charge in [-0.2, -0.15) is 5.26 Å². The quantitative estimate of drug-likeness (QED) is 0.789. The average Bonchev–Trinajstić information content (AvgIpc) is 3.11. The van der Waals surface area contributed by atoms with Crippen LogP contribution in [0.5, 0.6) is 0 Å². The predicted molar refractivity (Wildman–Crippen MR) is 94.4 cm³/mol. The first-order valence-corrected chi connectivity index (χ1v) is 8.67. The average molecular weight is 337 g/mol. The third-order valence-corrected chi connectivity index (χ3v) is 5.59. The molecule has 2 aliphatic rings. The highest BCUT2D eigenvalue weighted by atomic mass is 16.2. The maximum Gasteiger partial charge on any atom is 0.231 e. The molecule has 1 spiro atoms. The Balaban J connectivity index is 1.68. The molecule has 0 radical (unpaired) electrons. The van der Waals surface area contributed by atoms with Crippen LogP contribution >= 0.6 is 0 Å². The lowest BCUT2D eigenvalue weighted by molar-refractivity contribution is -0.137. The van der Waals surface area contributed by atoms with Crippen LogP contribution in [0, 0.1) is 22.7 Å². The van der Waals surface area contributed by atoms with Crippen molar-refractivity contribution in [3.8, 4) is 6.07 Å². The summed E-state index contributed by atoms with van der Waals surface area (Å²) in [5.41, 5.74) is 1.05. The van der Waals surface area contributed by atoms with Crippen LogP contribution in [0.15, 0.2) is 36.9 Å². The molecule has 0 aromatic heterocycles. The number of amides is 2. The van der Waals surface area contributed by atoms with Crippen LogP contribution in [-0.2, 0) is 16.0 Å². The summed E-state index contributed by atoms with van der Waals surface area (Å²) in [7, 11) is 0. The number of nitriles is 1. The molecule has 2 amide bonds. The zero-order valence-corrected chi connectivity index (χ0v) is 14.6. The fraction of sp³-hybridized carbons (Fsp3) is 0.450. The number of nitrogens with zero attached hydrogens (tertiary/aromatic N) is 3. The molecule has 5 nitrogen and oxygen atoms in total. The molecule has 2 aliphatic heterocycles. The zero-order valence-electron chi connectivity index (χ0n) is 14.6. The molecule has 2 fully saturated rings. The maximum atomic E-state index is 12.8. The molecule has 1 aromatic rings. The summed E-state index contributed by atoms with van der Waals surface area (Å²) in [6, 6.07) is 9.16. The van der Waals surface area contributed by atoms with Crippen LogP contribution < -0.4 is 0 Å². The second kappa shape index (κ2) is 6.72. The van der Waals surface area contributed by atoms with E-state index >= 15 is 0 Å². The van der Waals surface area contributed by atoms with Gasteiger partial charge in [0.1, 0.15) is 0 Å². The summed E-state index contributed by atoms with van der Waals surface area (Å²) >= 11 is 0. The first kappa shape index (κ1) is 17.2. The lowest BCUT2D eigenvalue weighted by Gasteiger charge is -2.26. The number of rotatable bonds is 4. The van der Waals surface area contributed by atoms with Crippen molar-refractivity contribution in [3.63, 3.8) is 0 Å². The van der Waals surface area contributed by atoms with E-state index in [1.807, 2.05) is 21.9 Å². The van der Waals surface area contributed by atoms with Gasteiger partial charge in [0.25, 0.3) is 0 Å². The molecule has 2 saturated heterocycles. The fourth-order valence-electron chi connectivity index (χ4n) is 4.03. The Morgan fingerprint density at radius 3 is 2.80 bits per heavy atom. The Morgan fingerprint density at radius 2 is 2.16 bits per heavy atom. The Hall–Kier alpha value is -2.61. The van der Waals surface area contributed by atoms with Crippen LogP contribution in [0.4, 0.5) is 0 Å². The summed E-state index contributed by atoms with van der Waals surface area (Å²) in [6.45, 7) is 8.25. The Labute approximate surface area is 148 Å². The summed E-state index contributed by atoms with van der Waals surface area (Å²) in [5.74, 6) is 0.372. The van der Waals surface area contributed by atoms with Crippen molar-refractivity contribution in [1.29, 1.82) is 5.26 Å². The van der Waals surface area contributed by atoms with E-state index in [1.54, 1.807) is 18.2 Å². The van der Waals surface area contributed by atoms with E-state index in [4.69, 9.17) is 5.26 Å². The van der Waals surface area contributed by atoms with Crippen LogP contribution in [0.1, 0.15) is 24.5 Å². The lowest BCUT2D eigenvalue weighted by Crippen LogP contribution is -2.40. The van der Waals surface area contributed by atoms with Crippen molar-refractivity contribution in [1.82, 2.24) is 9.80 Å². The molecule has 2 heterocycles. The minimum absolute atomic E-state index is 0.0448. The van der Waals surface area contributed by atoms with Crippen molar-refractivity contribution in [2.24, 2.45) is 11.3 Å². The highest BCUT2D eigenvalue weighted by molar-refractivity contribution is 5.88. The fourth-order valence-corrected chi connectivity index (χ4v) is 4.03. The Morgan fingerprint density at radius 1 is 1.44 bits per heavy atom. The minimum Gasteiger partial charge on any atom is -0.341 e. The van der Waals surface area contributed by atoms with Crippen LogP contribution in [-0.4, -0.2) is 47.8 Å². The van der Waals surface area contributed by atoms with Crippen LogP contribution in [0.2, 0.25) is 0 Å². The third kappa shape index (κ3) is 3.05. The van der Waals surface area contributed by atoms with E-state index in [0.29, 0.717) is 31.6 Å². The summed E-state index contributed by atoms with van der Waals surface area (Å²) in [4.78, 5) is 29.2. The van der Waals surface area contributed by atoms with E-state index < -0.39 is 5.41 Å². The Kier molecular flexibility index (Phi) is 4.63. The van der Waals surface area contributed by atoms with E-state index in [0.717, 1.165) is 18.5 Å². The normalized spacial score (nSPS) is 25.4. The summed E-state index contributed by atoms with van der Waals surface area (Å²) in [6.07, 6.45) is 2.87. The van der Waals surface area contributed by atoms with E-state index in [2.05, 4.69) is 19.6 Å². The molecule has 25 heavy (non-hydrogen) atoms. The third-order valence-electron chi connectivity index (χ3n) is 5.59. The van der Waals surface area contributed by atoms with Gasteiger partial charge < -0.3 is 9.80 Å². The molecular formula is C20H23N3O2. The standard InChI is InChI=1S/C20H23N3O2/c1-3-9-22-10-8-20(19(22)25)14-23(13-15(20)2)18(24)11-16-4-6-17(12-21)7-5-16/h3-7,15H,1,8-11,13-14H2,2H3/t15-,20-/m1/s1. The predicted octanol–water partition coefficient (Wildman–Crippen LogP) is 1.98. The van der Waals surface area contributed by atoms with Crippen molar-refractivity contribution >= 4 is 11.8 Å². The van der Waals surface area contributed by atoms with Gasteiger partial charge in [-0.05, 0) is 30.0 Å². The monoisotopic (exact) mass is 337 g/mol. The largest absolute Gasteiger partial charge is 0.341 e. The maximum absolute atomic E-state index is 12.8. The van der Waals surface area contributed by atoms with E-state index in [1.165, 1.54) is 0 Å². The van der Waals surface area contributed by atoms with Crippen molar-refractivity contribution in [2.45, 2.75) is 19.8 Å². The molecule has 0 saturated carbocycles. The SMILES string of the molecule is C=CCN1CC[C@]2(CN(C(=O)Cc3ccc(C#N)cc3)C[C@H]2C)C1=O. The molecule has 5 heteroatoms. The molecule has 0 bridgehead atoms. The van der Waals surface area contributed by atoms with E-state index in [-0.39, 0.29) is 17.7 Å². The summed E-state index contributed by atoms with van der Waals surface area (Å²) < 4.78 is 0. The van der Waals surface area contributed by atoms with Crippen molar-refractivity contribution < 1.29 is 9.59 Å². The molecule has 2 atom stereocenters. The van der Waals surface area contributed by atoms with Crippen molar-refractivity contribution in [2.75, 3.05) is 26.2 Å². The number of hydrogen-bond donors (Lipinski definition) is 0. The van der Waals surface area contributed by atoms with E-state index in [9.17, 15) is 9.59 Å². The first-order chi connectivity index (χ1) is 12.0. The second-order valence-electron chi connectivity index (χ2n) is 7.11. The highest BCUT2D eigenvalue weighted by Gasteiger charge is 2.55. The van der Waals surface area contributed by atoms with Crippen LogP contribution in [0.25, 0.3) is 0 Å². The number of likely N-dealkylation sites (tertiary alicyclic amines) is 2. The smallest absolute Gasteiger partial charge is 0.231 e. The van der Waals surface area contributed by atoms with Gasteiger partial charge in [-0.3, -0.25) is 9.59 Å². The van der Waals surface area contributed by atoms with Crippen molar-refractivity contribution in [3.05, 3.63) is 48.0 Å². The second-order valence-corrected chi connectivity index (χ2v) is 7.11. The zero-order chi connectivity index (χ0) is 18.0. The molecule has 0 unspecified atom stereocenters. The van der Waals surface area contributed by atoms with Gasteiger partial charge in [-0.1, -0.05) is 25.1 Å². The lowest BCUT2D eigenvalue weighted by atomic mass is 9.78. The van der Waals surface area contributed by atoms with Gasteiger partial charge >= 0.3 is 0 Å². The summed E-state index contributed by atoms with van der Waals surface area (Å²) in [5, 5.41) is 8.85.